The van der Waals surface area contributed by atoms with Crippen LogP contribution in [-0.4, -0.2) is 172 Å². The lowest BCUT2D eigenvalue weighted by Crippen LogP contribution is -3.00. The molecule has 0 aromatic heterocycles. The molecule has 0 N–H and O–H groups in total. The lowest BCUT2D eigenvalue weighted by molar-refractivity contribution is -0.867. The molecule has 0 amide bonds. The van der Waals surface area contributed by atoms with Gasteiger partial charge in [-0.25, -0.2) is 0 Å². The van der Waals surface area contributed by atoms with Gasteiger partial charge < -0.3 is 49.6 Å². The van der Waals surface area contributed by atoms with E-state index in [2.05, 4.69) is 84.6 Å². The van der Waals surface area contributed by atoms with Crippen molar-refractivity contribution in [1.29, 1.82) is 0 Å². The van der Waals surface area contributed by atoms with Gasteiger partial charge in [-0.05, 0) is 0 Å². The van der Waals surface area contributed by atoms with Crippen LogP contribution in [0.1, 0.15) is 27.7 Å². The summed E-state index contributed by atoms with van der Waals surface area (Å²) < 4.78 is 12.3. The van der Waals surface area contributed by atoms with Crippen LogP contribution in [0.15, 0.2) is 0 Å². The van der Waals surface area contributed by atoms with Crippen molar-refractivity contribution in [2.75, 3.05) is 134 Å². The molecule has 0 spiro atoms. The van der Waals surface area contributed by atoms with Crippen molar-refractivity contribution in [2.24, 2.45) is 0 Å². The third kappa shape index (κ3) is 104. The Kier molecular flexibility index (Phi) is 38.4. The predicted octanol–water partition coefficient (Wildman–Crippen LogP) is -1.93. The van der Waals surface area contributed by atoms with Gasteiger partial charge in [-0.2, -0.15) is 7.82 Å². The molecule has 0 aliphatic heterocycles. The van der Waals surface area contributed by atoms with Gasteiger partial charge in [-0.15, -0.1) is 0 Å². The van der Waals surface area contributed by atoms with Gasteiger partial charge in [0.05, 0.1) is 134 Å². The standard InChI is InChI=1S/4C7H16NOS.ClH.H3O4P/c4*1-7(9)10-6-5-8(2,3)4;;1-5(2,3)4/h4*5-6H2,1-4H3;1H;(H3,1,2,3,4)/q4*+1;;/p-4. The van der Waals surface area contributed by atoms with E-state index in [4.69, 9.17) is 19.2 Å². The second-order valence-corrected chi connectivity index (χ2v) is 19.8. The number of carbonyl (C=O) groups excluding carboxylic acids is 4. The van der Waals surface area contributed by atoms with E-state index in [1.807, 2.05) is 0 Å². The summed E-state index contributed by atoms with van der Waals surface area (Å²) in [4.78, 5) is 67.6. The molecule has 0 radical (unpaired) electrons. The minimum absolute atomic E-state index is 0. The number of nitrogens with zero attached hydrogens (tertiary/aromatic N) is 4. The van der Waals surface area contributed by atoms with Crippen LogP contribution < -0.4 is 27.1 Å². The van der Waals surface area contributed by atoms with Gasteiger partial charge in [0.2, 0.25) is 0 Å². The number of quaternary nitrogens is 4. The fraction of sp³-hybridized carbons (Fsp3) is 0.857. The summed E-state index contributed by atoms with van der Waals surface area (Å²) >= 11 is 5.61. The number of thioether (sulfide) groups is 4. The summed E-state index contributed by atoms with van der Waals surface area (Å²) in [5.41, 5.74) is 0. The van der Waals surface area contributed by atoms with Crippen LogP contribution in [0.3, 0.4) is 0 Å². The molecule has 0 bridgehead atoms. The Morgan fingerprint density at radius 2 is 0.543 bits per heavy atom. The van der Waals surface area contributed by atoms with E-state index in [-0.39, 0.29) is 32.9 Å². The van der Waals surface area contributed by atoms with Crippen molar-refractivity contribution in [3.05, 3.63) is 0 Å². The molecule has 18 heteroatoms. The van der Waals surface area contributed by atoms with E-state index in [9.17, 15) is 19.2 Å². The molecule has 0 saturated heterocycles. The highest BCUT2D eigenvalue weighted by Crippen LogP contribution is 2.05. The van der Waals surface area contributed by atoms with E-state index in [0.717, 1.165) is 67.1 Å². The minimum Gasteiger partial charge on any atom is -1.00 e. The average molecular weight is 780 g/mol. The van der Waals surface area contributed by atoms with Crippen molar-refractivity contribution >= 4 is 75.3 Å². The number of hydrogen-bond donors (Lipinski definition) is 0. The zero-order valence-corrected chi connectivity index (χ0v) is 36.1. The Balaban J connectivity index is -0.000000110. The van der Waals surface area contributed by atoms with Gasteiger partial charge in [0.25, 0.3) is 0 Å². The first-order valence-electron chi connectivity index (χ1n) is 14.1. The first-order valence-corrected chi connectivity index (χ1v) is 19.6. The summed E-state index contributed by atoms with van der Waals surface area (Å²) in [6.07, 6.45) is 0. The second-order valence-electron chi connectivity index (χ2n) is 13.9. The van der Waals surface area contributed by atoms with Crippen molar-refractivity contribution in [1.82, 2.24) is 0 Å². The van der Waals surface area contributed by atoms with Gasteiger partial charge in [0.15, 0.2) is 20.5 Å². The van der Waals surface area contributed by atoms with Gasteiger partial charge >= 0.3 is 0 Å². The molecule has 0 rings (SSSR count). The Morgan fingerprint density at radius 1 is 0.435 bits per heavy atom. The molecule has 280 valence electrons. The minimum atomic E-state index is -5.39. The Morgan fingerprint density at radius 3 is 0.609 bits per heavy atom. The lowest BCUT2D eigenvalue weighted by Gasteiger charge is -2.36. The molecule has 0 atom stereocenters. The molecule has 46 heavy (non-hydrogen) atoms. The summed E-state index contributed by atoms with van der Waals surface area (Å²) in [6, 6.07) is 0. The largest absolute Gasteiger partial charge is 1.00 e. The maximum atomic E-state index is 10.5. The smallest absolute Gasteiger partial charge is 0.186 e. The molecule has 0 aromatic carbocycles. The van der Waals surface area contributed by atoms with E-state index in [1.54, 1.807) is 27.7 Å². The molecule has 0 heterocycles. The molecular weight excluding hydrogens is 715 g/mol. The Bertz CT molecular complexity index is 743. The first-order chi connectivity index (χ1) is 19.7. The van der Waals surface area contributed by atoms with E-state index in [1.165, 1.54) is 47.0 Å². The molecular formula is C28H64ClN4O8PS4. The van der Waals surface area contributed by atoms with Crippen molar-refractivity contribution in [2.45, 2.75) is 27.7 Å². The number of hydrogen-bond acceptors (Lipinski definition) is 12. The molecule has 0 saturated carbocycles. The third-order valence-electron chi connectivity index (χ3n) is 4.27. The van der Waals surface area contributed by atoms with Crippen LogP contribution in [0.4, 0.5) is 0 Å². The summed E-state index contributed by atoms with van der Waals surface area (Å²) in [6.45, 7) is 10.6. The summed E-state index contributed by atoms with van der Waals surface area (Å²) in [7, 11) is 20.1. The van der Waals surface area contributed by atoms with Crippen molar-refractivity contribution in [3.63, 3.8) is 0 Å². The summed E-state index contributed by atoms with van der Waals surface area (Å²) in [5, 5.41) is 0.865. The monoisotopic (exact) mass is 778 g/mol. The quantitative estimate of drug-likeness (QED) is 0.160. The van der Waals surface area contributed by atoms with Crippen LogP contribution in [0.2, 0.25) is 0 Å². The number of rotatable bonds is 12. The summed E-state index contributed by atoms with van der Waals surface area (Å²) in [5.74, 6) is 3.72. The zero-order valence-electron chi connectivity index (χ0n) is 31.2. The average Bonchev–Trinajstić information content (AvgIpc) is 2.69. The van der Waals surface area contributed by atoms with E-state index in [0.29, 0.717) is 0 Å². The maximum absolute atomic E-state index is 10.5. The zero-order chi connectivity index (χ0) is 37.3. The molecule has 0 aliphatic rings. The maximum Gasteiger partial charge on any atom is 0.186 e. The molecule has 12 nitrogen and oxygen atoms in total. The predicted molar refractivity (Wildman–Crippen MR) is 192 cm³/mol. The number of carbonyl (C=O) groups is 4. The normalized spacial score (nSPS) is 11.4. The van der Waals surface area contributed by atoms with Crippen LogP contribution in [0.25, 0.3) is 0 Å². The topological polar surface area (TPSA) is 155 Å². The first kappa shape index (κ1) is 58.5. The molecule has 0 fully saturated rings. The van der Waals surface area contributed by atoms with Crippen LogP contribution >= 0.6 is 54.9 Å². The Labute approximate surface area is 304 Å². The lowest BCUT2D eigenvalue weighted by atomic mass is 10.6. The van der Waals surface area contributed by atoms with Gasteiger partial charge in [0, 0.05) is 27.7 Å². The van der Waals surface area contributed by atoms with Gasteiger partial charge in [-0.1, -0.05) is 47.0 Å². The second kappa shape index (κ2) is 30.2. The molecule has 0 unspecified atom stereocenters. The van der Waals surface area contributed by atoms with Crippen LogP contribution in [0, 0.1) is 0 Å². The van der Waals surface area contributed by atoms with Gasteiger partial charge in [-0.3, -0.25) is 19.2 Å². The third-order valence-corrected chi connectivity index (χ3v) is 7.44. The van der Waals surface area contributed by atoms with E-state index >= 15 is 0 Å². The van der Waals surface area contributed by atoms with E-state index < -0.39 is 7.82 Å². The SMILES string of the molecule is CC(=O)SCC[N+](C)(C)C.CC(=O)SCC[N+](C)(C)C.CC(=O)SCC[N+](C)(C)C.CC(=O)SCC[N+](C)(C)C.O=P([O-])([O-])[O-].[Cl-]. The van der Waals surface area contributed by atoms with Crippen LogP contribution in [0.5, 0.6) is 0 Å². The highest BCUT2D eigenvalue weighted by Gasteiger charge is 2.08. The fourth-order valence-electron chi connectivity index (χ4n) is 1.85. The Hall–Kier alpha value is 0.320. The number of phosphoric acid groups is 1. The highest BCUT2D eigenvalue weighted by molar-refractivity contribution is 8.14. The molecule has 0 aromatic rings. The van der Waals surface area contributed by atoms with Gasteiger partial charge in [0.1, 0.15) is 0 Å². The van der Waals surface area contributed by atoms with Crippen molar-refractivity contribution in [3.8, 4) is 0 Å². The fourth-order valence-corrected chi connectivity index (χ4v) is 5.56. The molecule has 0 aliphatic carbocycles. The number of halogens is 1. The van der Waals surface area contributed by atoms with Crippen molar-refractivity contribution < 1.29 is 68.8 Å². The highest BCUT2D eigenvalue weighted by atomic mass is 35.5. The van der Waals surface area contributed by atoms with Crippen LogP contribution in [-0.2, 0) is 23.7 Å².